The summed E-state index contributed by atoms with van der Waals surface area (Å²) in [7, 11) is 1.89. The number of amides is 1. The molecule has 0 aromatic heterocycles. The number of carbonyl (C=O) groups is 1. The Morgan fingerprint density at radius 1 is 1.35 bits per heavy atom. The number of anilines is 1. The van der Waals surface area contributed by atoms with E-state index in [9.17, 15) is 4.79 Å². The summed E-state index contributed by atoms with van der Waals surface area (Å²) in [5.41, 5.74) is 3.47. The van der Waals surface area contributed by atoms with Crippen molar-refractivity contribution in [2.24, 2.45) is 0 Å². The fourth-order valence-electron chi connectivity index (χ4n) is 1.82. The summed E-state index contributed by atoms with van der Waals surface area (Å²) in [6.45, 7) is 5.09. The van der Waals surface area contributed by atoms with Crippen LogP contribution in [0.25, 0.3) is 0 Å². The van der Waals surface area contributed by atoms with E-state index in [2.05, 4.69) is 30.5 Å². The zero-order valence-corrected chi connectivity index (χ0v) is 11.0. The summed E-state index contributed by atoms with van der Waals surface area (Å²) in [5.74, 6) is 0.0869. The minimum Gasteiger partial charge on any atom is -0.326 e. The zero-order valence-electron chi connectivity index (χ0n) is 11.0. The molecule has 0 saturated heterocycles. The van der Waals surface area contributed by atoms with E-state index in [0.29, 0.717) is 6.42 Å². The van der Waals surface area contributed by atoms with E-state index in [-0.39, 0.29) is 5.91 Å². The first-order valence-corrected chi connectivity index (χ1v) is 6.21. The van der Waals surface area contributed by atoms with Crippen LogP contribution in [0.3, 0.4) is 0 Å². The second kappa shape index (κ2) is 7.07. The van der Waals surface area contributed by atoms with Gasteiger partial charge in [0.15, 0.2) is 0 Å². The first-order chi connectivity index (χ1) is 8.17. The molecule has 1 aromatic rings. The van der Waals surface area contributed by atoms with Crippen LogP contribution in [-0.4, -0.2) is 19.5 Å². The SMILES string of the molecule is CCc1ccc(NC(=O)CCCNC)cc1C. The van der Waals surface area contributed by atoms with Gasteiger partial charge in [-0.3, -0.25) is 4.79 Å². The Labute approximate surface area is 104 Å². The van der Waals surface area contributed by atoms with Gasteiger partial charge in [-0.05, 0) is 56.6 Å². The number of aryl methyl sites for hydroxylation is 2. The summed E-state index contributed by atoms with van der Waals surface area (Å²) in [6.07, 6.45) is 2.46. The first kappa shape index (κ1) is 13.7. The molecule has 0 aliphatic carbocycles. The van der Waals surface area contributed by atoms with Crippen molar-refractivity contribution in [3.8, 4) is 0 Å². The first-order valence-electron chi connectivity index (χ1n) is 6.21. The highest BCUT2D eigenvalue weighted by molar-refractivity contribution is 5.90. The summed E-state index contributed by atoms with van der Waals surface area (Å²) >= 11 is 0. The molecule has 2 N–H and O–H groups in total. The summed E-state index contributed by atoms with van der Waals surface area (Å²) in [6, 6.07) is 6.09. The van der Waals surface area contributed by atoms with Crippen LogP contribution in [0, 0.1) is 6.92 Å². The molecule has 17 heavy (non-hydrogen) atoms. The number of nitrogens with one attached hydrogen (secondary N) is 2. The van der Waals surface area contributed by atoms with E-state index < -0.39 is 0 Å². The van der Waals surface area contributed by atoms with E-state index in [1.54, 1.807) is 0 Å². The minimum absolute atomic E-state index is 0.0869. The van der Waals surface area contributed by atoms with Gasteiger partial charge in [-0.1, -0.05) is 13.0 Å². The highest BCUT2D eigenvalue weighted by Gasteiger charge is 2.03. The second-order valence-electron chi connectivity index (χ2n) is 4.25. The lowest BCUT2D eigenvalue weighted by atomic mass is 10.1. The molecule has 0 heterocycles. The summed E-state index contributed by atoms with van der Waals surface area (Å²) in [4.78, 5) is 11.6. The van der Waals surface area contributed by atoms with Crippen LogP contribution in [0.4, 0.5) is 5.69 Å². The predicted molar refractivity (Wildman–Crippen MR) is 72.3 cm³/mol. The molecule has 0 aliphatic rings. The Hall–Kier alpha value is -1.35. The molecule has 1 rings (SSSR count). The van der Waals surface area contributed by atoms with Gasteiger partial charge in [0.25, 0.3) is 0 Å². The van der Waals surface area contributed by atoms with Crippen molar-refractivity contribution in [1.29, 1.82) is 0 Å². The Balaban J connectivity index is 2.51. The lowest BCUT2D eigenvalue weighted by Crippen LogP contribution is -2.15. The van der Waals surface area contributed by atoms with E-state index in [4.69, 9.17) is 0 Å². The number of carbonyl (C=O) groups excluding carboxylic acids is 1. The van der Waals surface area contributed by atoms with Crippen LogP contribution in [0.1, 0.15) is 30.9 Å². The maximum absolute atomic E-state index is 11.6. The molecule has 0 unspecified atom stereocenters. The van der Waals surface area contributed by atoms with Gasteiger partial charge in [0.1, 0.15) is 0 Å². The maximum Gasteiger partial charge on any atom is 0.224 e. The average Bonchev–Trinajstić information content (AvgIpc) is 2.29. The lowest BCUT2D eigenvalue weighted by Gasteiger charge is -2.08. The van der Waals surface area contributed by atoms with Crippen molar-refractivity contribution in [1.82, 2.24) is 5.32 Å². The molecule has 3 heteroatoms. The number of benzene rings is 1. The quantitative estimate of drug-likeness (QED) is 0.742. The van der Waals surface area contributed by atoms with Crippen molar-refractivity contribution >= 4 is 11.6 Å². The van der Waals surface area contributed by atoms with Crippen molar-refractivity contribution in [3.63, 3.8) is 0 Å². The van der Waals surface area contributed by atoms with E-state index in [1.165, 1.54) is 11.1 Å². The lowest BCUT2D eigenvalue weighted by molar-refractivity contribution is -0.116. The van der Waals surface area contributed by atoms with Gasteiger partial charge in [-0.15, -0.1) is 0 Å². The van der Waals surface area contributed by atoms with Crippen LogP contribution in [0.5, 0.6) is 0 Å². The largest absolute Gasteiger partial charge is 0.326 e. The molecule has 0 spiro atoms. The van der Waals surface area contributed by atoms with Gasteiger partial charge in [0.05, 0.1) is 0 Å². The van der Waals surface area contributed by atoms with Crippen molar-refractivity contribution in [3.05, 3.63) is 29.3 Å². The third kappa shape index (κ3) is 4.57. The van der Waals surface area contributed by atoms with E-state index in [0.717, 1.165) is 25.1 Å². The number of hydrogen-bond donors (Lipinski definition) is 2. The van der Waals surface area contributed by atoms with Crippen LogP contribution in [0.2, 0.25) is 0 Å². The van der Waals surface area contributed by atoms with Crippen molar-refractivity contribution in [2.45, 2.75) is 33.1 Å². The van der Waals surface area contributed by atoms with E-state index >= 15 is 0 Å². The Morgan fingerprint density at radius 2 is 2.12 bits per heavy atom. The second-order valence-corrected chi connectivity index (χ2v) is 4.25. The normalized spacial score (nSPS) is 10.3. The van der Waals surface area contributed by atoms with Gasteiger partial charge in [0, 0.05) is 12.1 Å². The molecule has 1 aromatic carbocycles. The average molecular weight is 234 g/mol. The summed E-state index contributed by atoms with van der Waals surface area (Å²) < 4.78 is 0. The fraction of sp³-hybridized carbons (Fsp3) is 0.500. The number of rotatable bonds is 6. The molecule has 0 saturated carbocycles. The Morgan fingerprint density at radius 3 is 2.71 bits per heavy atom. The van der Waals surface area contributed by atoms with Gasteiger partial charge in [0.2, 0.25) is 5.91 Å². The molecule has 0 fully saturated rings. The smallest absolute Gasteiger partial charge is 0.224 e. The molecule has 0 atom stereocenters. The molecule has 0 aliphatic heterocycles. The van der Waals surface area contributed by atoms with Gasteiger partial charge in [-0.25, -0.2) is 0 Å². The maximum atomic E-state index is 11.6. The highest BCUT2D eigenvalue weighted by Crippen LogP contribution is 2.15. The van der Waals surface area contributed by atoms with Gasteiger partial charge >= 0.3 is 0 Å². The van der Waals surface area contributed by atoms with Crippen LogP contribution in [0.15, 0.2) is 18.2 Å². The monoisotopic (exact) mass is 234 g/mol. The third-order valence-corrected chi connectivity index (χ3v) is 2.84. The Bertz CT molecular complexity index is 374. The minimum atomic E-state index is 0.0869. The topological polar surface area (TPSA) is 41.1 Å². The highest BCUT2D eigenvalue weighted by atomic mass is 16.1. The van der Waals surface area contributed by atoms with Crippen molar-refractivity contribution < 1.29 is 4.79 Å². The predicted octanol–water partition coefficient (Wildman–Crippen LogP) is 2.50. The molecular formula is C14H22N2O. The van der Waals surface area contributed by atoms with Gasteiger partial charge < -0.3 is 10.6 Å². The van der Waals surface area contributed by atoms with Crippen LogP contribution >= 0.6 is 0 Å². The fourth-order valence-corrected chi connectivity index (χ4v) is 1.82. The molecule has 3 nitrogen and oxygen atoms in total. The van der Waals surface area contributed by atoms with Crippen LogP contribution < -0.4 is 10.6 Å². The third-order valence-electron chi connectivity index (χ3n) is 2.84. The molecule has 94 valence electrons. The molecule has 0 radical (unpaired) electrons. The zero-order chi connectivity index (χ0) is 12.7. The molecule has 1 amide bonds. The van der Waals surface area contributed by atoms with E-state index in [1.807, 2.05) is 19.2 Å². The van der Waals surface area contributed by atoms with Crippen molar-refractivity contribution in [2.75, 3.05) is 18.9 Å². The molecular weight excluding hydrogens is 212 g/mol. The summed E-state index contributed by atoms with van der Waals surface area (Å²) in [5, 5.41) is 5.96. The Kier molecular flexibility index (Phi) is 5.70. The van der Waals surface area contributed by atoms with Crippen LogP contribution in [-0.2, 0) is 11.2 Å². The van der Waals surface area contributed by atoms with Gasteiger partial charge in [-0.2, -0.15) is 0 Å². The standard InChI is InChI=1S/C14H22N2O/c1-4-12-7-8-13(10-11(12)2)16-14(17)6-5-9-15-3/h7-8,10,15H,4-6,9H2,1-3H3,(H,16,17). The number of hydrogen-bond acceptors (Lipinski definition) is 2. The molecule has 0 bridgehead atoms.